The molecule has 2 N–H and O–H groups in total. The Balaban J connectivity index is 2.03. The lowest BCUT2D eigenvalue weighted by molar-refractivity contribution is 0.0351. The second-order valence-electron chi connectivity index (χ2n) is 6.37. The minimum Gasteiger partial charge on any atom is -0.389 e. The van der Waals surface area contributed by atoms with Gasteiger partial charge in [-0.15, -0.1) is 0 Å². The third kappa shape index (κ3) is 8.44. The lowest BCUT2D eigenvalue weighted by Crippen LogP contribution is -2.42. The van der Waals surface area contributed by atoms with E-state index in [4.69, 9.17) is 4.74 Å². The first kappa shape index (κ1) is 19.3. The van der Waals surface area contributed by atoms with E-state index in [2.05, 4.69) is 18.5 Å². The first-order valence-electron chi connectivity index (χ1n) is 8.74. The zero-order valence-corrected chi connectivity index (χ0v) is 14.8. The van der Waals surface area contributed by atoms with Crippen molar-refractivity contribution in [2.24, 2.45) is 0 Å². The number of aliphatic hydroxyl groups is 1. The van der Waals surface area contributed by atoms with Gasteiger partial charge in [-0.25, -0.2) is 0 Å². The number of aliphatic hydroxyl groups excluding tert-OH is 1. The van der Waals surface area contributed by atoms with Crippen molar-refractivity contribution in [3.8, 4) is 0 Å². The Labute approximate surface area is 135 Å². The quantitative estimate of drug-likeness (QED) is 0.540. The Hall–Kier alpha value is 0.230. The molecule has 1 aliphatic rings. The number of thioether (sulfide) groups is 1. The van der Waals surface area contributed by atoms with E-state index in [-0.39, 0.29) is 6.10 Å². The average Bonchev–Trinajstić information content (AvgIpc) is 2.51. The summed E-state index contributed by atoms with van der Waals surface area (Å²) in [5.74, 6) is 0. The van der Waals surface area contributed by atoms with E-state index in [0.29, 0.717) is 17.9 Å². The van der Waals surface area contributed by atoms with Crippen LogP contribution in [0.4, 0.5) is 0 Å². The summed E-state index contributed by atoms with van der Waals surface area (Å²) in [6, 6.07) is 0. The molecule has 3 nitrogen and oxygen atoms in total. The van der Waals surface area contributed by atoms with Crippen molar-refractivity contribution in [1.29, 1.82) is 0 Å². The first-order chi connectivity index (χ1) is 10.2. The second-order valence-corrected chi connectivity index (χ2v) is 7.64. The van der Waals surface area contributed by atoms with E-state index in [0.717, 1.165) is 19.6 Å². The molecule has 1 saturated carbocycles. The van der Waals surface area contributed by atoms with Gasteiger partial charge < -0.3 is 15.2 Å². The van der Waals surface area contributed by atoms with Crippen molar-refractivity contribution in [2.45, 2.75) is 75.6 Å². The van der Waals surface area contributed by atoms with Crippen LogP contribution < -0.4 is 5.32 Å². The van der Waals surface area contributed by atoms with E-state index in [9.17, 15) is 5.11 Å². The predicted molar refractivity (Wildman–Crippen MR) is 93.2 cm³/mol. The van der Waals surface area contributed by atoms with Crippen LogP contribution in [-0.4, -0.2) is 48.5 Å². The van der Waals surface area contributed by atoms with Crippen LogP contribution in [0.2, 0.25) is 0 Å². The smallest absolute Gasteiger partial charge is 0.0897 e. The van der Waals surface area contributed by atoms with Crippen molar-refractivity contribution in [3.63, 3.8) is 0 Å². The summed E-state index contributed by atoms with van der Waals surface area (Å²) < 4.78 is 5.94. The van der Waals surface area contributed by atoms with Crippen molar-refractivity contribution in [1.82, 2.24) is 5.32 Å². The summed E-state index contributed by atoms with van der Waals surface area (Å²) in [5, 5.41) is 13.4. The SMILES string of the molecule is CCCCCCOCC(O)CNCC1(SC)CCCCC1. The second kappa shape index (κ2) is 11.8. The molecule has 21 heavy (non-hydrogen) atoms. The van der Waals surface area contributed by atoms with Gasteiger partial charge in [0, 0.05) is 24.4 Å². The van der Waals surface area contributed by atoms with Crippen LogP contribution in [0.5, 0.6) is 0 Å². The number of hydrogen-bond acceptors (Lipinski definition) is 4. The molecule has 0 bridgehead atoms. The maximum absolute atomic E-state index is 9.94. The summed E-state index contributed by atoms with van der Waals surface area (Å²) in [5.41, 5.74) is 0. The Morgan fingerprint density at radius 1 is 1.19 bits per heavy atom. The molecule has 1 atom stereocenters. The molecule has 0 amide bonds. The molecular formula is C17H35NO2S. The molecule has 0 saturated heterocycles. The molecule has 1 unspecified atom stereocenters. The van der Waals surface area contributed by atoms with E-state index in [1.807, 2.05) is 11.8 Å². The predicted octanol–water partition coefficient (Wildman–Crippen LogP) is 3.60. The number of ether oxygens (including phenoxy) is 1. The molecule has 0 radical (unpaired) electrons. The minimum atomic E-state index is -0.376. The van der Waals surface area contributed by atoms with Crippen LogP contribution in [-0.2, 0) is 4.74 Å². The van der Waals surface area contributed by atoms with E-state index >= 15 is 0 Å². The van der Waals surface area contributed by atoms with Crippen LogP contribution in [0, 0.1) is 0 Å². The van der Waals surface area contributed by atoms with E-state index in [1.54, 1.807) is 0 Å². The van der Waals surface area contributed by atoms with Gasteiger partial charge in [0.15, 0.2) is 0 Å². The van der Waals surface area contributed by atoms with E-state index in [1.165, 1.54) is 51.4 Å². The van der Waals surface area contributed by atoms with Gasteiger partial charge >= 0.3 is 0 Å². The van der Waals surface area contributed by atoms with Gasteiger partial charge in [0.2, 0.25) is 0 Å². The summed E-state index contributed by atoms with van der Waals surface area (Å²) >= 11 is 2.00. The van der Waals surface area contributed by atoms with Crippen LogP contribution in [0.1, 0.15) is 64.7 Å². The van der Waals surface area contributed by atoms with Crippen LogP contribution >= 0.6 is 11.8 Å². The molecule has 0 aliphatic heterocycles. The van der Waals surface area contributed by atoms with Crippen LogP contribution in [0.15, 0.2) is 0 Å². The third-order valence-electron chi connectivity index (χ3n) is 4.48. The Kier molecular flexibility index (Phi) is 10.8. The maximum Gasteiger partial charge on any atom is 0.0897 e. The number of rotatable bonds is 12. The fourth-order valence-corrected chi connectivity index (χ4v) is 3.97. The lowest BCUT2D eigenvalue weighted by Gasteiger charge is -2.36. The van der Waals surface area contributed by atoms with Gasteiger partial charge in [0.1, 0.15) is 0 Å². The lowest BCUT2D eigenvalue weighted by atomic mass is 9.88. The number of nitrogens with one attached hydrogen (secondary N) is 1. The summed E-state index contributed by atoms with van der Waals surface area (Å²) in [6.45, 7) is 5.13. The summed E-state index contributed by atoms with van der Waals surface area (Å²) in [7, 11) is 0. The Bertz CT molecular complexity index is 245. The maximum atomic E-state index is 9.94. The fraction of sp³-hybridized carbons (Fsp3) is 1.00. The average molecular weight is 318 g/mol. The topological polar surface area (TPSA) is 41.5 Å². The molecule has 0 heterocycles. The van der Waals surface area contributed by atoms with Crippen molar-refractivity contribution < 1.29 is 9.84 Å². The molecule has 1 fully saturated rings. The zero-order valence-electron chi connectivity index (χ0n) is 14.0. The Morgan fingerprint density at radius 3 is 2.62 bits per heavy atom. The van der Waals surface area contributed by atoms with Crippen LogP contribution in [0.25, 0.3) is 0 Å². The highest BCUT2D eigenvalue weighted by atomic mass is 32.2. The van der Waals surface area contributed by atoms with Crippen LogP contribution in [0.3, 0.4) is 0 Å². The molecule has 1 rings (SSSR count). The Morgan fingerprint density at radius 2 is 1.95 bits per heavy atom. The van der Waals surface area contributed by atoms with E-state index < -0.39 is 0 Å². The molecule has 0 aromatic heterocycles. The molecule has 0 aromatic rings. The zero-order chi connectivity index (χ0) is 15.4. The van der Waals surface area contributed by atoms with Crippen molar-refractivity contribution in [2.75, 3.05) is 32.6 Å². The molecule has 1 aliphatic carbocycles. The highest BCUT2D eigenvalue weighted by molar-refractivity contribution is 8.00. The van der Waals surface area contributed by atoms with Crippen molar-refractivity contribution >= 4 is 11.8 Å². The van der Waals surface area contributed by atoms with Gasteiger partial charge in [-0.2, -0.15) is 11.8 Å². The van der Waals surface area contributed by atoms with Gasteiger partial charge in [-0.3, -0.25) is 0 Å². The molecular weight excluding hydrogens is 282 g/mol. The van der Waals surface area contributed by atoms with Gasteiger partial charge in [0.05, 0.1) is 12.7 Å². The number of hydrogen-bond donors (Lipinski definition) is 2. The molecule has 0 aromatic carbocycles. The standard InChI is InChI=1S/C17H35NO2S/c1-3-4-5-9-12-20-14-16(19)13-18-15-17(21-2)10-7-6-8-11-17/h16,18-19H,3-15H2,1-2H3. The third-order valence-corrected chi connectivity index (χ3v) is 5.90. The highest BCUT2D eigenvalue weighted by Crippen LogP contribution is 2.37. The summed E-state index contributed by atoms with van der Waals surface area (Å²) in [4.78, 5) is 0. The van der Waals surface area contributed by atoms with Crippen molar-refractivity contribution in [3.05, 3.63) is 0 Å². The first-order valence-corrected chi connectivity index (χ1v) is 9.96. The highest BCUT2D eigenvalue weighted by Gasteiger charge is 2.30. The van der Waals surface area contributed by atoms with Gasteiger partial charge in [-0.05, 0) is 25.5 Å². The van der Waals surface area contributed by atoms with Gasteiger partial charge in [0.25, 0.3) is 0 Å². The molecule has 4 heteroatoms. The largest absolute Gasteiger partial charge is 0.389 e. The number of unbranched alkanes of at least 4 members (excludes halogenated alkanes) is 3. The summed E-state index contributed by atoms with van der Waals surface area (Å²) in [6.07, 6.45) is 13.4. The fourth-order valence-electron chi connectivity index (χ4n) is 3.02. The molecule has 126 valence electrons. The monoisotopic (exact) mass is 317 g/mol. The normalized spacial score (nSPS) is 19.6. The van der Waals surface area contributed by atoms with Gasteiger partial charge in [-0.1, -0.05) is 45.4 Å². The minimum absolute atomic E-state index is 0.376. The molecule has 0 spiro atoms.